The molecule has 10 heteroatoms. The number of hydrogen-bond donors (Lipinski definition) is 1. The first-order valence-electron chi connectivity index (χ1n) is 13.6. The maximum Gasteiger partial charge on any atom is 0.233 e. The molecule has 1 N–H and O–H groups in total. The summed E-state index contributed by atoms with van der Waals surface area (Å²) < 4.78 is 24.4. The van der Waals surface area contributed by atoms with Crippen molar-refractivity contribution in [3.63, 3.8) is 0 Å². The number of morpholine rings is 1. The third-order valence-corrected chi connectivity index (χ3v) is 8.18. The lowest BCUT2D eigenvalue weighted by molar-refractivity contribution is -0.143. The van der Waals surface area contributed by atoms with E-state index in [0.29, 0.717) is 29.9 Å². The van der Waals surface area contributed by atoms with Gasteiger partial charge < -0.3 is 14.6 Å². The van der Waals surface area contributed by atoms with E-state index in [2.05, 4.69) is 20.0 Å². The van der Waals surface area contributed by atoms with E-state index < -0.39 is 0 Å². The van der Waals surface area contributed by atoms with E-state index in [1.807, 2.05) is 46.0 Å². The van der Waals surface area contributed by atoms with Crippen LogP contribution >= 0.6 is 0 Å². The first-order valence-corrected chi connectivity index (χ1v) is 13.6. The van der Waals surface area contributed by atoms with Crippen molar-refractivity contribution in [3.05, 3.63) is 54.4 Å². The van der Waals surface area contributed by atoms with Crippen LogP contribution < -0.4 is 5.32 Å². The summed E-state index contributed by atoms with van der Waals surface area (Å²) in [7, 11) is 0. The monoisotopic (exact) mass is 532 g/mol. The molecule has 1 aliphatic carbocycles. The number of rotatable bonds is 5. The van der Waals surface area contributed by atoms with Crippen molar-refractivity contribution in [1.29, 1.82) is 0 Å². The SMILES string of the molecule is CC.CC1(C)C2C(=O)N(Cc3cc4c(-c5cc(F)cc6ccn(CC7CNCCO7)c56)ncnn4c3)C(=O)C21. The van der Waals surface area contributed by atoms with Gasteiger partial charge in [-0.25, -0.2) is 13.9 Å². The maximum atomic E-state index is 14.7. The predicted octanol–water partition coefficient (Wildman–Crippen LogP) is 3.65. The van der Waals surface area contributed by atoms with Crippen LogP contribution in [0.15, 0.2) is 43.0 Å². The molecule has 2 amide bonds. The van der Waals surface area contributed by atoms with Gasteiger partial charge in [0.1, 0.15) is 17.8 Å². The molecule has 5 heterocycles. The highest BCUT2D eigenvalue weighted by Crippen LogP contribution is 2.63. The molecule has 9 nitrogen and oxygen atoms in total. The lowest BCUT2D eigenvalue weighted by Crippen LogP contribution is -2.40. The molecule has 3 unspecified atom stereocenters. The molecule has 7 rings (SSSR count). The number of likely N-dealkylation sites (tertiary alicyclic amines) is 1. The van der Waals surface area contributed by atoms with Gasteiger partial charge in [-0.15, -0.1) is 0 Å². The van der Waals surface area contributed by atoms with Crippen LogP contribution in [0, 0.1) is 23.1 Å². The van der Waals surface area contributed by atoms with E-state index in [4.69, 9.17) is 4.74 Å². The van der Waals surface area contributed by atoms with Gasteiger partial charge in [-0.1, -0.05) is 27.7 Å². The molecule has 0 radical (unpaired) electrons. The van der Waals surface area contributed by atoms with Crippen molar-refractivity contribution < 1.29 is 18.7 Å². The number of amides is 2. The Kier molecular flexibility index (Phi) is 6.27. The van der Waals surface area contributed by atoms with Crippen molar-refractivity contribution in [3.8, 4) is 11.3 Å². The number of carbonyl (C=O) groups is 2. The van der Waals surface area contributed by atoms with Crippen LogP contribution in [-0.2, 0) is 27.4 Å². The summed E-state index contributed by atoms with van der Waals surface area (Å²) in [5.74, 6) is -1.00. The summed E-state index contributed by atoms with van der Waals surface area (Å²) in [6.07, 6.45) is 5.20. The van der Waals surface area contributed by atoms with E-state index in [-0.39, 0.29) is 47.5 Å². The van der Waals surface area contributed by atoms with Gasteiger partial charge >= 0.3 is 0 Å². The molecule has 0 bridgehead atoms. The Labute approximate surface area is 225 Å². The number of halogens is 1. The standard InChI is InChI=1S/C27H27FN6O3.C2H6/c1-27(2)21-22(27)26(36)33(25(21)35)11-15-7-20-23(30-14-31-34(20)12-15)19-9-17(28)8-16-3-5-32(24(16)19)13-18-10-29-4-6-37-18;1-2/h3,5,7-9,12,14,18,21-22,29H,4,6,10-11,13H2,1-2H3;1-2H3. The second-order valence-corrected chi connectivity index (χ2v) is 10.9. The lowest BCUT2D eigenvalue weighted by atomic mass is 10.1. The van der Waals surface area contributed by atoms with Gasteiger partial charge in [0.25, 0.3) is 0 Å². The molecule has 4 aromatic rings. The number of nitrogens with one attached hydrogen (secondary N) is 1. The van der Waals surface area contributed by atoms with E-state index in [1.54, 1.807) is 10.7 Å². The molecular weight excluding hydrogens is 499 g/mol. The fourth-order valence-corrected chi connectivity index (χ4v) is 6.22. The highest BCUT2D eigenvalue weighted by Gasteiger charge is 2.72. The number of ether oxygens (including phenoxy) is 1. The van der Waals surface area contributed by atoms with Crippen LogP contribution in [0.4, 0.5) is 4.39 Å². The first kappa shape index (κ1) is 25.6. The number of fused-ring (bicyclic) bond motifs is 3. The number of carbonyl (C=O) groups excluding carboxylic acids is 2. The van der Waals surface area contributed by atoms with Gasteiger partial charge in [-0.2, -0.15) is 5.10 Å². The summed E-state index contributed by atoms with van der Waals surface area (Å²) >= 11 is 0. The summed E-state index contributed by atoms with van der Waals surface area (Å²) in [5.41, 5.74) is 3.30. The van der Waals surface area contributed by atoms with Crippen molar-refractivity contribution in [1.82, 2.24) is 29.4 Å². The van der Waals surface area contributed by atoms with Gasteiger partial charge in [0.15, 0.2) is 0 Å². The van der Waals surface area contributed by atoms with E-state index >= 15 is 0 Å². The Balaban J connectivity index is 0.00000135. The summed E-state index contributed by atoms with van der Waals surface area (Å²) in [5, 5.41) is 8.47. The minimum absolute atomic E-state index is 0.0132. The first-order chi connectivity index (χ1) is 18.8. The Morgan fingerprint density at radius 1 is 1.15 bits per heavy atom. The topological polar surface area (TPSA) is 93.8 Å². The molecule has 3 aliphatic rings. The van der Waals surface area contributed by atoms with E-state index in [0.717, 1.165) is 29.6 Å². The Morgan fingerprint density at radius 2 is 1.92 bits per heavy atom. The van der Waals surface area contributed by atoms with Crippen LogP contribution in [-0.4, -0.2) is 61.7 Å². The smallest absolute Gasteiger partial charge is 0.233 e. The molecule has 0 spiro atoms. The number of nitrogens with zero attached hydrogens (tertiary/aromatic N) is 5. The van der Waals surface area contributed by atoms with Crippen LogP contribution in [0.1, 0.15) is 33.3 Å². The van der Waals surface area contributed by atoms with Crippen molar-refractivity contribution in [2.75, 3.05) is 19.7 Å². The third-order valence-electron chi connectivity index (χ3n) is 8.18. The predicted molar refractivity (Wildman–Crippen MR) is 144 cm³/mol. The van der Waals surface area contributed by atoms with Crippen molar-refractivity contribution >= 4 is 28.2 Å². The van der Waals surface area contributed by atoms with Gasteiger partial charge in [-0.05, 0) is 35.2 Å². The minimum atomic E-state index is -0.352. The number of piperidine rings is 1. The molecule has 3 aromatic heterocycles. The second-order valence-electron chi connectivity index (χ2n) is 10.9. The number of benzene rings is 1. The molecule has 39 heavy (non-hydrogen) atoms. The van der Waals surface area contributed by atoms with Gasteiger partial charge in [-0.3, -0.25) is 14.5 Å². The lowest BCUT2D eigenvalue weighted by Gasteiger charge is -2.24. The average molecular weight is 533 g/mol. The zero-order valence-corrected chi connectivity index (χ0v) is 22.6. The second kappa shape index (κ2) is 9.53. The summed E-state index contributed by atoms with van der Waals surface area (Å²) in [4.78, 5) is 31.6. The zero-order valence-electron chi connectivity index (χ0n) is 22.6. The average Bonchev–Trinajstić information content (AvgIpc) is 3.27. The summed E-state index contributed by atoms with van der Waals surface area (Å²) in [6, 6.07) is 6.80. The highest BCUT2D eigenvalue weighted by atomic mass is 19.1. The number of imide groups is 1. The molecule has 2 saturated heterocycles. The fraction of sp³-hybridized carbons (Fsp3) is 0.448. The van der Waals surface area contributed by atoms with Gasteiger partial charge in [0.2, 0.25) is 11.8 Å². The Hall–Kier alpha value is -3.63. The number of aromatic nitrogens is 4. The van der Waals surface area contributed by atoms with Crippen LogP contribution in [0.3, 0.4) is 0 Å². The van der Waals surface area contributed by atoms with Crippen LogP contribution in [0.25, 0.3) is 27.7 Å². The van der Waals surface area contributed by atoms with Crippen LogP contribution in [0.5, 0.6) is 0 Å². The maximum absolute atomic E-state index is 14.7. The van der Waals surface area contributed by atoms with E-state index in [9.17, 15) is 14.0 Å². The highest BCUT2D eigenvalue weighted by molar-refractivity contribution is 6.10. The molecule has 3 fully saturated rings. The Morgan fingerprint density at radius 3 is 2.64 bits per heavy atom. The number of hydrogen-bond acceptors (Lipinski definition) is 6. The fourth-order valence-electron chi connectivity index (χ4n) is 6.22. The zero-order chi connectivity index (χ0) is 27.5. The molecular formula is C29H33FN6O3. The molecule has 204 valence electrons. The van der Waals surface area contributed by atoms with Crippen LogP contribution in [0.2, 0.25) is 0 Å². The molecule has 2 aliphatic heterocycles. The van der Waals surface area contributed by atoms with Crippen molar-refractivity contribution in [2.45, 2.75) is 46.9 Å². The minimum Gasteiger partial charge on any atom is -0.374 e. The van der Waals surface area contributed by atoms with Gasteiger partial charge in [0.05, 0.1) is 48.7 Å². The molecule has 1 saturated carbocycles. The largest absolute Gasteiger partial charge is 0.374 e. The van der Waals surface area contributed by atoms with Gasteiger partial charge in [0, 0.05) is 36.4 Å². The van der Waals surface area contributed by atoms with Crippen molar-refractivity contribution in [2.24, 2.45) is 17.3 Å². The third kappa shape index (κ3) is 4.13. The summed E-state index contributed by atoms with van der Waals surface area (Å²) in [6.45, 7) is 11.0. The molecule has 1 aromatic carbocycles. The normalized spacial score (nSPS) is 23.7. The Bertz CT molecular complexity index is 1560. The molecule has 3 atom stereocenters. The quantitative estimate of drug-likeness (QED) is 0.395. The van der Waals surface area contributed by atoms with E-state index in [1.165, 1.54) is 23.4 Å².